The molecule has 3 heterocycles. The van der Waals surface area contributed by atoms with Crippen LogP contribution in [0.5, 0.6) is 17.2 Å². The first-order chi connectivity index (χ1) is 18.0. The van der Waals surface area contributed by atoms with Crippen molar-refractivity contribution >= 4 is 17.5 Å². The molecule has 4 aromatic rings. The summed E-state index contributed by atoms with van der Waals surface area (Å²) in [7, 11) is 4.65. The number of pyridine rings is 1. The number of nitrogens with zero attached hydrogens (tertiary/aromatic N) is 4. The van der Waals surface area contributed by atoms with Crippen molar-refractivity contribution in [3.63, 3.8) is 0 Å². The molecule has 0 aliphatic carbocycles. The Kier molecular flexibility index (Phi) is 6.46. The standard InChI is InChI=1S/C27H26N6O4/c1-16-22(26(34)30-19-11-8-12-28-15-19)23(18-13-20(35-2)24(37-4)21(14-18)36-3)33-27(29-16)31-25(32-33)17-9-6-5-7-10-17/h5-15,23H,1-4H3,(H,30,34)(H,29,31,32)/t23-/m1/s1. The quantitative estimate of drug-likeness (QED) is 0.388. The van der Waals surface area contributed by atoms with E-state index in [0.717, 1.165) is 5.56 Å². The topological polar surface area (TPSA) is 112 Å². The molecule has 0 fully saturated rings. The van der Waals surface area contributed by atoms with Gasteiger partial charge in [0.25, 0.3) is 5.91 Å². The normalized spacial score (nSPS) is 14.4. The molecule has 1 atom stereocenters. The summed E-state index contributed by atoms with van der Waals surface area (Å²) in [5, 5.41) is 11.0. The van der Waals surface area contributed by atoms with Crippen LogP contribution >= 0.6 is 0 Å². The van der Waals surface area contributed by atoms with Crippen LogP contribution in [0.15, 0.2) is 78.3 Å². The molecule has 1 aliphatic rings. The molecule has 2 aromatic carbocycles. The monoisotopic (exact) mass is 498 g/mol. The van der Waals surface area contributed by atoms with Gasteiger partial charge in [0.05, 0.1) is 38.8 Å². The van der Waals surface area contributed by atoms with Crippen molar-refractivity contribution in [2.45, 2.75) is 13.0 Å². The largest absolute Gasteiger partial charge is 0.493 e. The van der Waals surface area contributed by atoms with Crippen LogP contribution in [-0.4, -0.2) is 47.0 Å². The van der Waals surface area contributed by atoms with Gasteiger partial charge in [0.15, 0.2) is 17.3 Å². The second-order valence-electron chi connectivity index (χ2n) is 8.29. The number of ether oxygens (including phenoxy) is 3. The van der Waals surface area contributed by atoms with Gasteiger partial charge in [-0.1, -0.05) is 30.3 Å². The van der Waals surface area contributed by atoms with Crippen LogP contribution in [0.1, 0.15) is 18.5 Å². The van der Waals surface area contributed by atoms with Crippen molar-refractivity contribution < 1.29 is 19.0 Å². The van der Waals surface area contributed by atoms with Crippen LogP contribution in [0.4, 0.5) is 11.6 Å². The van der Waals surface area contributed by atoms with E-state index in [0.29, 0.717) is 51.5 Å². The average Bonchev–Trinajstić information content (AvgIpc) is 3.36. The van der Waals surface area contributed by atoms with E-state index in [2.05, 4.69) is 15.6 Å². The van der Waals surface area contributed by atoms with E-state index >= 15 is 0 Å². The molecule has 10 heteroatoms. The smallest absolute Gasteiger partial charge is 0.255 e. The van der Waals surface area contributed by atoms with Gasteiger partial charge in [0.1, 0.15) is 6.04 Å². The number of amides is 1. The van der Waals surface area contributed by atoms with Crippen LogP contribution in [0.2, 0.25) is 0 Å². The lowest BCUT2D eigenvalue weighted by Gasteiger charge is -2.29. The van der Waals surface area contributed by atoms with Gasteiger partial charge in [-0.15, -0.1) is 5.10 Å². The number of fused-ring (bicyclic) bond motifs is 1. The number of methoxy groups -OCH3 is 3. The molecule has 0 spiro atoms. The highest BCUT2D eigenvalue weighted by Crippen LogP contribution is 2.44. The molecule has 10 nitrogen and oxygen atoms in total. The van der Waals surface area contributed by atoms with Crippen molar-refractivity contribution in [2.75, 3.05) is 32.0 Å². The van der Waals surface area contributed by atoms with E-state index in [9.17, 15) is 4.79 Å². The Balaban J connectivity index is 1.68. The van der Waals surface area contributed by atoms with Crippen LogP contribution in [0.3, 0.4) is 0 Å². The first-order valence-corrected chi connectivity index (χ1v) is 11.5. The van der Waals surface area contributed by atoms with E-state index in [4.69, 9.17) is 24.3 Å². The fourth-order valence-corrected chi connectivity index (χ4v) is 4.36. The Morgan fingerprint density at radius 1 is 1.00 bits per heavy atom. The fourth-order valence-electron chi connectivity index (χ4n) is 4.36. The number of nitrogens with one attached hydrogen (secondary N) is 2. The zero-order valence-corrected chi connectivity index (χ0v) is 20.9. The molecule has 0 bridgehead atoms. The summed E-state index contributed by atoms with van der Waals surface area (Å²) < 4.78 is 18.4. The second-order valence-corrected chi connectivity index (χ2v) is 8.29. The maximum atomic E-state index is 13.7. The number of carbonyl (C=O) groups is 1. The van der Waals surface area contributed by atoms with Crippen molar-refractivity contribution in [1.82, 2.24) is 19.7 Å². The first-order valence-electron chi connectivity index (χ1n) is 11.5. The zero-order valence-electron chi connectivity index (χ0n) is 20.9. The number of benzene rings is 2. The van der Waals surface area contributed by atoms with Crippen LogP contribution in [0.25, 0.3) is 11.4 Å². The Labute approximate surface area is 213 Å². The average molecular weight is 499 g/mol. The van der Waals surface area contributed by atoms with Gasteiger partial charge in [-0.25, -0.2) is 4.68 Å². The molecule has 1 amide bonds. The van der Waals surface area contributed by atoms with Crippen molar-refractivity contribution in [1.29, 1.82) is 0 Å². The third-order valence-electron chi connectivity index (χ3n) is 6.05. The molecular weight excluding hydrogens is 472 g/mol. The lowest BCUT2D eigenvalue weighted by molar-refractivity contribution is -0.113. The predicted molar refractivity (Wildman–Crippen MR) is 139 cm³/mol. The van der Waals surface area contributed by atoms with Crippen LogP contribution < -0.4 is 24.8 Å². The fraction of sp³-hybridized carbons (Fsp3) is 0.185. The second kappa shape index (κ2) is 10.0. The maximum Gasteiger partial charge on any atom is 0.255 e. The number of anilines is 2. The molecule has 2 N–H and O–H groups in total. The number of rotatable bonds is 7. The third kappa shape index (κ3) is 4.44. The third-order valence-corrected chi connectivity index (χ3v) is 6.05. The van der Waals surface area contributed by atoms with Crippen LogP contribution in [0, 0.1) is 0 Å². The minimum Gasteiger partial charge on any atom is -0.493 e. The van der Waals surface area contributed by atoms with E-state index in [1.807, 2.05) is 49.4 Å². The summed E-state index contributed by atoms with van der Waals surface area (Å²) in [6.07, 6.45) is 3.24. The van der Waals surface area contributed by atoms with Gasteiger partial charge in [-0.05, 0) is 36.8 Å². The van der Waals surface area contributed by atoms with Crippen molar-refractivity contribution in [3.8, 4) is 28.6 Å². The minimum absolute atomic E-state index is 0.306. The van der Waals surface area contributed by atoms with Gasteiger partial charge >= 0.3 is 0 Å². The summed E-state index contributed by atoms with van der Waals surface area (Å²) in [4.78, 5) is 22.5. The summed E-state index contributed by atoms with van der Waals surface area (Å²) in [5.41, 5.74) is 3.23. The Hall–Kier alpha value is -4.86. The highest BCUT2D eigenvalue weighted by Gasteiger charge is 2.35. The van der Waals surface area contributed by atoms with E-state index in [1.165, 1.54) is 0 Å². The van der Waals surface area contributed by atoms with Crippen LogP contribution in [-0.2, 0) is 4.79 Å². The highest BCUT2D eigenvalue weighted by atomic mass is 16.5. The molecule has 0 saturated heterocycles. The summed E-state index contributed by atoms with van der Waals surface area (Å²) >= 11 is 0. The summed E-state index contributed by atoms with van der Waals surface area (Å²) in [5.74, 6) is 2.11. The van der Waals surface area contributed by atoms with Gasteiger partial charge in [0, 0.05) is 17.5 Å². The highest BCUT2D eigenvalue weighted by molar-refractivity contribution is 6.06. The van der Waals surface area contributed by atoms with E-state index < -0.39 is 6.04 Å². The minimum atomic E-state index is -0.647. The Morgan fingerprint density at radius 2 is 1.73 bits per heavy atom. The molecule has 0 unspecified atom stereocenters. The number of hydrogen-bond donors (Lipinski definition) is 2. The predicted octanol–water partition coefficient (Wildman–Crippen LogP) is 4.29. The van der Waals surface area contributed by atoms with Crippen molar-refractivity contribution in [3.05, 3.63) is 83.8 Å². The Bertz CT molecular complexity index is 1440. The molecular formula is C27H26N6O4. The zero-order chi connectivity index (χ0) is 25.9. The van der Waals surface area contributed by atoms with E-state index in [1.54, 1.807) is 50.5 Å². The molecule has 1 aliphatic heterocycles. The lowest BCUT2D eigenvalue weighted by Crippen LogP contribution is -2.31. The van der Waals surface area contributed by atoms with Gasteiger partial charge in [-0.2, -0.15) is 4.98 Å². The molecule has 188 valence electrons. The number of aromatic nitrogens is 4. The summed E-state index contributed by atoms with van der Waals surface area (Å²) in [6.45, 7) is 1.84. The maximum absolute atomic E-state index is 13.7. The number of hydrogen-bond acceptors (Lipinski definition) is 8. The lowest BCUT2D eigenvalue weighted by atomic mass is 9.94. The number of carbonyl (C=O) groups excluding carboxylic acids is 1. The van der Waals surface area contributed by atoms with Gasteiger partial charge in [0.2, 0.25) is 11.7 Å². The summed E-state index contributed by atoms with van der Waals surface area (Å²) in [6, 6.07) is 16.2. The molecule has 5 rings (SSSR count). The molecule has 0 radical (unpaired) electrons. The van der Waals surface area contributed by atoms with E-state index in [-0.39, 0.29) is 5.91 Å². The van der Waals surface area contributed by atoms with Crippen molar-refractivity contribution in [2.24, 2.45) is 0 Å². The van der Waals surface area contributed by atoms with Gasteiger partial charge in [-0.3, -0.25) is 9.78 Å². The van der Waals surface area contributed by atoms with Gasteiger partial charge < -0.3 is 24.8 Å². The SMILES string of the molecule is COc1cc([C@@H]2C(C(=O)Nc3cccnc3)=C(C)Nc3nc(-c4ccccc4)nn32)cc(OC)c1OC. The Morgan fingerprint density at radius 3 is 2.35 bits per heavy atom. The molecule has 2 aromatic heterocycles. The molecule has 37 heavy (non-hydrogen) atoms. The first kappa shape index (κ1) is 23.9. The number of allylic oxidation sites excluding steroid dienone is 1. The molecule has 0 saturated carbocycles.